The number of fused-ring (bicyclic) bond motifs is 1. The molecule has 1 unspecified atom stereocenters. The predicted octanol–water partition coefficient (Wildman–Crippen LogP) is 1.27. The summed E-state index contributed by atoms with van der Waals surface area (Å²) in [7, 11) is -6.18. The topological polar surface area (TPSA) is 182 Å². The summed E-state index contributed by atoms with van der Waals surface area (Å²) >= 11 is 0. The van der Waals surface area contributed by atoms with Crippen molar-refractivity contribution < 1.29 is 45.1 Å². The fraction of sp³-hybridized carbons (Fsp3) is 0.429. The summed E-state index contributed by atoms with van der Waals surface area (Å²) in [6.45, 7) is 0.527. The maximum Gasteiger partial charge on any atom is 0.318 e. The average molecular weight is 651 g/mol. The number of oxazole rings is 1. The number of carbonyl (C=O) groups is 3. The van der Waals surface area contributed by atoms with Crippen LogP contribution in [0.4, 0.5) is 4.79 Å². The van der Waals surface area contributed by atoms with E-state index in [0.29, 0.717) is 21.7 Å². The zero-order valence-corrected chi connectivity index (χ0v) is 25.9. The second kappa shape index (κ2) is 14.2. The van der Waals surface area contributed by atoms with Gasteiger partial charge >= 0.3 is 11.9 Å². The zero-order chi connectivity index (χ0) is 31.9. The lowest BCUT2D eigenvalue weighted by molar-refractivity contribution is -0.130. The second-order valence-electron chi connectivity index (χ2n) is 10.2. The number of nitrogens with zero attached hydrogens (tertiary/aromatic N) is 3. The molecule has 0 bridgehead atoms. The lowest BCUT2D eigenvalue weighted by Crippen LogP contribution is -2.57. The van der Waals surface area contributed by atoms with Crippen LogP contribution in [0.25, 0.3) is 11.1 Å². The van der Waals surface area contributed by atoms with E-state index in [9.17, 15) is 31.2 Å². The van der Waals surface area contributed by atoms with E-state index < -0.39 is 67.5 Å². The molecule has 2 aromatic carbocycles. The molecule has 1 aliphatic rings. The molecule has 44 heavy (non-hydrogen) atoms. The number of para-hydroxylation sites is 3. The van der Waals surface area contributed by atoms with Crippen molar-refractivity contribution in [1.29, 1.82) is 0 Å². The summed E-state index contributed by atoms with van der Waals surface area (Å²) in [4.78, 5) is 47.0. The van der Waals surface area contributed by atoms with Crippen molar-refractivity contribution in [3.63, 3.8) is 0 Å². The normalized spacial score (nSPS) is 14.6. The highest BCUT2D eigenvalue weighted by Gasteiger charge is 2.37. The van der Waals surface area contributed by atoms with Crippen molar-refractivity contribution in [2.45, 2.75) is 18.2 Å². The summed E-state index contributed by atoms with van der Waals surface area (Å²) in [5.41, 5.74) is 0.958. The molecule has 1 aliphatic heterocycles. The first-order valence-electron chi connectivity index (χ1n) is 13.7. The minimum Gasteiger partial charge on any atom is -0.496 e. The summed E-state index contributed by atoms with van der Waals surface area (Å²) in [6.07, 6.45) is 0.867. The molecule has 16 heteroatoms. The van der Waals surface area contributed by atoms with Crippen molar-refractivity contribution >= 4 is 48.6 Å². The van der Waals surface area contributed by atoms with E-state index in [0.717, 1.165) is 6.26 Å². The maximum absolute atomic E-state index is 14.0. The molecule has 1 fully saturated rings. The second-order valence-corrected chi connectivity index (χ2v) is 14.6. The molecule has 0 saturated carbocycles. The Morgan fingerprint density at radius 3 is 2.41 bits per heavy atom. The lowest BCUT2D eigenvalue weighted by Gasteiger charge is -2.30. The van der Waals surface area contributed by atoms with Crippen molar-refractivity contribution in [3.05, 3.63) is 60.0 Å². The Kier molecular flexibility index (Phi) is 10.6. The summed E-state index contributed by atoms with van der Waals surface area (Å²) in [6, 6.07) is 10.6. The molecule has 0 aliphatic carbocycles. The first-order valence-corrected chi connectivity index (χ1v) is 17.6. The molecule has 3 aromatic rings. The number of imide groups is 1. The quantitative estimate of drug-likeness (QED) is 0.298. The van der Waals surface area contributed by atoms with Crippen LogP contribution in [0, 0.1) is 0 Å². The van der Waals surface area contributed by atoms with E-state index in [1.54, 1.807) is 48.5 Å². The third-order valence-corrected chi connectivity index (χ3v) is 9.39. The molecule has 4 rings (SSSR count). The van der Waals surface area contributed by atoms with Crippen LogP contribution in [0.1, 0.15) is 22.7 Å². The van der Waals surface area contributed by atoms with E-state index in [-0.39, 0.29) is 44.1 Å². The minimum absolute atomic E-state index is 0.144. The third kappa shape index (κ3) is 8.76. The van der Waals surface area contributed by atoms with E-state index in [1.165, 1.54) is 12.0 Å². The van der Waals surface area contributed by atoms with Crippen molar-refractivity contribution in [2.75, 3.05) is 57.7 Å². The number of nitrogens with one attached hydrogen (secondary N) is 1. The van der Waals surface area contributed by atoms with Crippen molar-refractivity contribution in [2.24, 2.45) is 0 Å². The highest BCUT2D eigenvalue weighted by molar-refractivity contribution is 7.90. The largest absolute Gasteiger partial charge is 0.496 e. The molecule has 1 saturated heterocycles. The van der Waals surface area contributed by atoms with Crippen LogP contribution < -0.4 is 10.1 Å². The zero-order valence-electron chi connectivity index (χ0n) is 24.3. The molecule has 238 valence electrons. The molecule has 0 radical (unpaired) electrons. The number of hydrogen-bond donors (Lipinski definition) is 1. The van der Waals surface area contributed by atoms with Gasteiger partial charge in [0.25, 0.3) is 11.8 Å². The summed E-state index contributed by atoms with van der Waals surface area (Å²) in [5, 5.41) is 2.49. The molecular formula is C28H34N4O10S2. The van der Waals surface area contributed by atoms with Gasteiger partial charge in [0, 0.05) is 31.5 Å². The summed E-state index contributed by atoms with van der Waals surface area (Å²) in [5.74, 6) is -3.92. The Hall–Kier alpha value is -4.02. The molecule has 1 N–H and O–H groups in total. The van der Waals surface area contributed by atoms with E-state index in [1.807, 2.05) is 0 Å². The Bertz CT molecular complexity index is 1680. The number of morpholine rings is 1. The first kappa shape index (κ1) is 32.9. The Morgan fingerprint density at radius 2 is 1.73 bits per heavy atom. The van der Waals surface area contributed by atoms with Crippen LogP contribution in [0.15, 0.2) is 52.9 Å². The van der Waals surface area contributed by atoms with Crippen LogP contribution in [-0.4, -0.2) is 113 Å². The number of carbonyl (C=O) groups excluding carboxylic acids is 3. The van der Waals surface area contributed by atoms with Gasteiger partial charge in [-0.25, -0.2) is 26.6 Å². The van der Waals surface area contributed by atoms with Gasteiger partial charge in [-0.3, -0.25) is 14.5 Å². The highest BCUT2D eigenvalue weighted by atomic mass is 32.2. The fourth-order valence-electron chi connectivity index (χ4n) is 4.62. The van der Waals surface area contributed by atoms with Gasteiger partial charge in [0.15, 0.2) is 15.4 Å². The van der Waals surface area contributed by atoms with Gasteiger partial charge in [-0.2, -0.15) is 0 Å². The Balaban J connectivity index is 1.67. The summed E-state index contributed by atoms with van der Waals surface area (Å²) < 4.78 is 66.7. The van der Waals surface area contributed by atoms with Gasteiger partial charge in [0.2, 0.25) is 0 Å². The van der Waals surface area contributed by atoms with Crippen LogP contribution in [0.5, 0.6) is 5.75 Å². The number of methoxy groups -OCH3 is 1. The monoisotopic (exact) mass is 650 g/mol. The number of sulfone groups is 2. The number of urea groups is 1. The molecule has 14 nitrogen and oxygen atoms in total. The number of benzene rings is 2. The minimum atomic E-state index is -4.11. The number of rotatable bonds is 12. The lowest BCUT2D eigenvalue weighted by atomic mass is 10.2. The molecule has 2 heterocycles. The van der Waals surface area contributed by atoms with Gasteiger partial charge in [-0.05, 0) is 24.6 Å². The molecule has 0 spiro atoms. The number of aromatic nitrogens is 1. The highest BCUT2D eigenvalue weighted by Crippen LogP contribution is 2.22. The predicted molar refractivity (Wildman–Crippen MR) is 160 cm³/mol. The number of ether oxygens (including phenoxy) is 2. The number of amides is 4. The molecule has 4 amide bonds. The van der Waals surface area contributed by atoms with Crippen LogP contribution in [0.3, 0.4) is 0 Å². The molecular weight excluding hydrogens is 616 g/mol. The smallest absolute Gasteiger partial charge is 0.318 e. The SMILES string of the molecule is COc1ccccc1CS(=O)(=O)CC(NC(=O)N1CCOCC1)C(=O)N(CCCS(C)(=O)=O)C(=O)c1nc2ccccc2o1. The first-order chi connectivity index (χ1) is 20.9. The third-order valence-electron chi connectivity index (χ3n) is 6.77. The Morgan fingerprint density at radius 1 is 1.05 bits per heavy atom. The molecule has 1 aromatic heterocycles. The maximum atomic E-state index is 14.0. The Labute approximate surface area is 255 Å². The van der Waals surface area contributed by atoms with Crippen LogP contribution >= 0.6 is 0 Å². The van der Waals surface area contributed by atoms with Crippen LogP contribution in [0.2, 0.25) is 0 Å². The van der Waals surface area contributed by atoms with E-state index in [4.69, 9.17) is 13.9 Å². The number of hydrogen-bond acceptors (Lipinski definition) is 11. The average Bonchev–Trinajstić information content (AvgIpc) is 3.43. The van der Waals surface area contributed by atoms with Gasteiger partial charge < -0.3 is 24.1 Å². The van der Waals surface area contributed by atoms with Gasteiger partial charge in [-0.1, -0.05) is 30.3 Å². The molecule has 1 atom stereocenters. The van der Waals surface area contributed by atoms with Crippen molar-refractivity contribution in [1.82, 2.24) is 20.1 Å². The standard InChI is InChI=1S/C28H34N4O10S2/c1-40-23-10-5-3-8-20(23)18-44(38,39)19-22(30-28(35)31-13-15-41-16-14-31)26(33)32(12-7-17-43(2,36)37)27(34)25-29-21-9-4-6-11-24(21)42-25/h3-6,8-11,22H,7,12-19H2,1-2H3,(H,30,35). The van der Waals surface area contributed by atoms with E-state index >= 15 is 0 Å². The van der Waals surface area contributed by atoms with Gasteiger partial charge in [0.05, 0.1) is 37.6 Å². The van der Waals surface area contributed by atoms with Crippen molar-refractivity contribution in [3.8, 4) is 5.75 Å². The fourth-order valence-corrected chi connectivity index (χ4v) is 6.83. The van der Waals surface area contributed by atoms with E-state index in [2.05, 4.69) is 10.3 Å². The van der Waals surface area contributed by atoms with Crippen LogP contribution in [-0.2, 0) is 35.0 Å². The van der Waals surface area contributed by atoms with Gasteiger partial charge in [0.1, 0.15) is 27.1 Å². The van der Waals surface area contributed by atoms with Gasteiger partial charge in [-0.15, -0.1) is 0 Å².